The predicted molar refractivity (Wildman–Crippen MR) is 147 cm³/mol. The summed E-state index contributed by atoms with van der Waals surface area (Å²) in [6.45, 7) is 7.83. The summed E-state index contributed by atoms with van der Waals surface area (Å²) in [7, 11) is 0. The smallest absolute Gasteiger partial charge is 0.248 e. The molecule has 3 aromatic rings. The van der Waals surface area contributed by atoms with Gasteiger partial charge < -0.3 is 20.1 Å². The van der Waals surface area contributed by atoms with Gasteiger partial charge in [-0.25, -0.2) is 4.39 Å². The second kappa shape index (κ2) is 12.7. The van der Waals surface area contributed by atoms with Crippen LogP contribution in [-0.4, -0.2) is 55.2 Å². The maximum Gasteiger partial charge on any atom is 0.248 e. The number of pyridine rings is 1. The number of anilines is 3. The summed E-state index contributed by atoms with van der Waals surface area (Å²) in [5.74, 6) is -0.387. The van der Waals surface area contributed by atoms with Crippen LogP contribution in [0, 0.1) is 17.1 Å². The average molecular weight is 538 g/mol. The molecule has 1 fully saturated rings. The highest BCUT2D eigenvalue weighted by molar-refractivity contribution is 6.31. The standard InChI is InChI=1S/C28H29ClFN5O3/c1-3-23-20(17-31)28(32-18-7-8-22(30)21(29)14-18)19-15-25(26(38-4-2)16-24(19)33-23)34-27(36)6-5-9-35-10-12-37-13-11-35/h5-8,14-16H,3-4,9-13H2,1-2H3,(H,32,33)(H,34,36)/b6-5+. The van der Waals surface area contributed by atoms with E-state index in [4.69, 9.17) is 26.1 Å². The minimum absolute atomic E-state index is 0.0435. The predicted octanol–water partition coefficient (Wildman–Crippen LogP) is 5.43. The number of hydrogen-bond acceptors (Lipinski definition) is 7. The molecule has 2 aromatic carbocycles. The maximum absolute atomic E-state index is 13.8. The number of nitrogens with zero attached hydrogens (tertiary/aromatic N) is 3. The summed E-state index contributed by atoms with van der Waals surface area (Å²) < 4.78 is 24.9. The van der Waals surface area contributed by atoms with Gasteiger partial charge in [0.2, 0.25) is 5.91 Å². The van der Waals surface area contributed by atoms with Gasteiger partial charge in [-0.2, -0.15) is 5.26 Å². The van der Waals surface area contributed by atoms with Gasteiger partial charge in [0.05, 0.1) is 53.0 Å². The zero-order chi connectivity index (χ0) is 27.1. The first-order valence-electron chi connectivity index (χ1n) is 12.5. The number of amides is 1. The van der Waals surface area contributed by atoms with Gasteiger partial charge in [0.1, 0.15) is 17.6 Å². The summed E-state index contributed by atoms with van der Waals surface area (Å²) in [4.78, 5) is 19.7. The summed E-state index contributed by atoms with van der Waals surface area (Å²) in [6.07, 6.45) is 3.83. The van der Waals surface area contributed by atoms with Crippen molar-refractivity contribution in [1.29, 1.82) is 5.26 Å². The fourth-order valence-corrected chi connectivity index (χ4v) is 4.39. The van der Waals surface area contributed by atoms with E-state index in [1.807, 2.05) is 19.9 Å². The Bertz CT molecular complexity index is 1400. The molecule has 0 saturated carbocycles. The highest BCUT2D eigenvalue weighted by atomic mass is 35.5. The van der Waals surface area contributed by atoms with Gasteiger partial charge in [0.15, 0.2) is 0 Å². The van der Waals surface area contributed by atoms with Crippen LogP contribution >= 0.6 is 11.6 Å². The molecular formula is C28H29ClFN5O3. The average Bonchev–Trinajstić information content (AvgIpc) is 2.91. The first-order chi connectivity index (χ1) is 18.4. The van der Waals surface area contributed by atoms with Crippen molar-refractivity contribution >= 4 is 45.5 Å². The van der Waals surface area contributed by atoms with Crippen molar-refractivity contribution in [2.45, 2.75) is 20.3 Å². The molecule has 10 heteroatoms. The van der Waals surface area contributed by atoms with E-state index < -0.39 is 5.82 Å². The van der Waals surface area contributed by atoms with Crippen LogP contribution in [0.3, 0.4) is 0 Å². The van der Waals surface area contributed by atoms with E-state index in [1.165, 1.54) is 24.3 Å². The Labute approximate surface area is 226 Å². The summed E-state index contributed by atoms with van der Waals surface area (Å²) in [6, 6.07) is 9.96. The normalized spacial score (nSPS) is 14.0. The van der Waals surface area contributed by atoms with Crippen LogP contribution in [-0.2, 0) is 16.0 Å². The molecule has 8 nitrogen and oxygen atoms in total. The molecule has 1 saturated heterocycles. The fourth-order valence-electron chi connectivity index (χ4n) is 4.21. The van der Waals surface area contributed by atoms with Crippen LogP contribution in [0.2, 0.25) is 5.02 Å². The number of benzene rings is 2. The van der Waals surface area contributed by atoms with Crippen molar-refractivity contribution in [1.82, 2.24) is 9.88 Å². The Morgan fingerprint density at radius 2 is 2.08 bits per heavy atom. The molecule has 1 aromatic heterocycles. The van der Waals surface area contributed by atoms with Gasteiger partial charge >= 0.3 is 0 Å². The third-order valence-electron chi connectivity index (χ3n) is 6.09. The number of fused-ring (bicyclic) bond motifs is 1. The van der Waals surface area contributed by atoms with Crippen LogP contribution in [0.4, 0.5) is 21.5 Å². The van der Waals surface area contributed by atoms with Gasteiger partial charge in [-0.1, -0.05) is 24.6 Å². The lowest BCUT2D eigenvalue weighted by Crippen LogP contribution is -2.36. The molecule has 0 bridgehead atoms. The highest BCUT2D eigenvalue weighted by Crippen LogP contribution is 2.38. The van der Waals surface area contributed by atoms with E-state index in [9.17, 15) is 14.4 Å². The Hall–Kier alpha value is -3.71. The first-order valence-corrected chi connectivity index (χ1v) is 12.8. The van der Waals surface area contributed by atoms with Gasteiger partial charge in [0.25, 0.3) is 0 Å². The Morgan fingerprint density at radius 1 is 1.29 bits per heavy atom. The quantitative estimate of drug-likeness (QED) is 0.351. The zero-order valence-electron chi connectivity index (χ0n) is 21.3. The van der Waals surface area contributed by atoms with E-state index in [2.05, 4.69) is 21.6 Å². The van der Waals surface area contributed by atoms with Gasteiger partial charge in [-0.3, -0.25) is 14.7 Å². The molecule has 1 aliphatic heterocycles. The number of aryl methyl sites for hydroxylation is 1. The number of carbonyl (C=O) groups excluding carboxylic acids is 1. The molecule has 4 rings (SSSR count). The van der Waals surface area contributed by atoms with Crippen molar-refractivity contribution in [2.24, 2.45) is 0 Å². The van der Waals surface area contributed by atoms with Crippen LogP contribution in [0.25, 0.3) is 10.9 Å². The molecule has 198 valence electrons. The second-order valence-corrected chi connectivity index (χ2v) is 9.04. The van der Waals surface area contributed by atoms with Gasteiger partial charge in [-0.15, -0.1) is 0 Å². The Morgan fingerprint density at radius 3 is 2.76 bits per heavy atom. The van der Waals surface area contributed by atoms with Crippen molar-refractivity contribution in [2.75, 3.05) is 50.1 Å². The van der Waals surface area contributed by atoms with Gasteiger partial charge in [-0.05, 0) is 37.6 Å². The molecule has 38 heavy (non-hydrogen) atoms. The number of nitriles is 1. The molecule has 0 atom stereocenters. The first kappa shape index (κ1) is 27.3. The number of aromatic nitrogens is 1. The fraction of sp³-hybridized carbons (Fsp3) is 0.321. The van der Waals surface area contributed by atoms with Crippen molar-refractivity contribution in [3.63, 3.8) is 0 Å². The monoisotopic (exact) mass is 537 g/mol. The third kappa shape index (κ3) is 6.40. The van der Waals surface area contributed by atoms with E-state index in [-0.39, 0.29) is 10.9 Å². The maximum atomic E-state index is 13.8. The molecule has 0 unspecified atom stereocenters. The lowest BCUT2D eigenvalue weighted by atomic mass is 10.0. The van der Waals surface area contributed by atoms with Crippen LogP contribution in [0.1, 0.15) is 25.1 Å². The Balaban J connectivity index is 1.72. The second-order valence-electron chi connectivity index (χ2n) is 8.63. The number of rotatable bonds is 9. The SMILES string of the molecule is CCOc1cc2nc(CC)c(C#N)c(Nc3ccc(F)c(Cl)c3)c2cc1NC(=O)/C=C/CN1CCOCC1. The molecule has 0 radical (unpaired) electrons. The van der Waals surface area contributed by atoms with Crippen molar-refractivity contribution in [3.8, 4) is 11.8 Å². The molecular weight excluding hydrogens is 509 g/mol. The molecule has 0 aliphatic carbocycles. The minimum Gasteiger partial charge on any atom is -0.492 e. The van der Waals surface area contributed by atoms with E-state index >= 15 is 0 Å². The highest BCUT2D eigenvalue weighted by Gasteiger charge is 2.19. The lowest BCUT2D eigenvalue weighted by Gasteiger charge is -2.25. The van der Waals surface area contributed by atoms with Crippen molar-refractivity contribution in [3.05, 3.63) is 64.6 Å². The summed E-state index contributed by atoms with van der Waals surface area (Å²) >= 11 is 5.99. The third-order valence-corrected chi connectivity index (χ3v) is 6.38. The topological polar surface area (TPSA) is 99.5 Å². The molecule has 0 spiro atoms. The number of hydrogen-bond donors (Lipinski definition) is 2. The number of halogens is 2. The molecule has 2 heterocycles. The van der Waals surface area contributed by atoms with Crippen LogP contribution in [0.5, 0.6) is 5.75 Å². The molecule has 2 N–H and O–H groups in total. The molecule has 1 amide bonds. The van der Waals surface area contributed by atoms with Gasteiger partial charge in [0, 0.05) is 42.9 Å². The molecule has 1 aliphatic rings. The summed E-state index contributed by atoms with van der Waals surface area (Å²) in [5.41, 5.74) is 2.97. The lowest BCUT2D eigenvalue weighted by molar-refractivity contribution is -0.111. The van der Waals surface area contributed by atoms with Crippen LogP contribution < -0.4 is 15.4 Å². The number of ether oxygens (including phenoxy) is 2. The Kier molecular flexibility index (Phi) is 9.13. The number of carbonyl (C=O) groups is 1. The number of nitrogens with one attached hydrogen (secondary N) is 2. The van der Waals surface area contributed by atoms with E-state index in [1.54, 1.807) is 12.1 Å². The number of morpholine rings is 1. The van der Waals surface area contributed by atoms with E-state index in [0.717, 1.165) is 13.1 Å². The largest absolute Gasteiger partial charge is 0.492 e. The zero-order valence-corrected chi connectivity index (χ0v) is 22.1. The summed E-state index contributed by atoms with van der Waals surface area (Å²) in [5, 5.41) is 16.7. The minimum atomic E-state index is -0.542. The van der Waals surface area contributed by atoms with Crippen LogP contribution in [0.15, 0.2) is 42.5 Å². The van der Waals surface area contributed by atoms with Crippen molar-refractivity contribution < 1.29 is 18.7 Å². The van der Waals surface area contributed by atoms with E-state index in [0.29, 0.717) is 77.8 Å².